The van der Waals surface area contributed by atoms with Gasteiger partial charge in [0.05, 0.1) is 11.2 Å². The standard InChI is InChI=1S/C13H25NO.C13H18O3.C9H17N.C9H16N.BrH.Mg/c1-13(2,3)15-14-9-8-11-6-4-5-7-12(11)10-14;1-9-7-6-8-10(2)11(9)12(14)15-16-13(3,4)5;2*1-2-4-9-7-10-6-5-8(9)3-1;;/h11-12H,4-10H2,1-3H3;6-8H,1-5H3;8-10H,1-7H2;8-9H,1-7H2;1H;/q;;;-1;;+2/p-1. The summed E-state index contributed by atoms with van der Waals surface area (Å²) in [5.74, 6) is 5.66. The first-order chi connectivity index (χ1) is 24.3. The molecule has 3 aliphatic carbocycles. The van der Waals surface area contributed by atoms with E-state index in [-0.39, 0.29) is 45.6 Å². The van der Waals surface area contributed by atoms with Gasteiger partial charge in [0.25, 0.3) is 0 Å². The smallest absolute Gasteiger partial charge is 1.00 e. The minimum atomic E-state index is -0.494. The van der Waals surface area contributed by atoms with Crippen LogP contribution >= 0.6 is 0 Å². The van der Waals surface area contributed by atoms with Crippen LogP contribution in [0.4, 0.5) is 0 Å². The Morgan fingerprint density at radius 1 is 0.717 bits per heavy atom. The molecule has 0 spiro atoms. The van der Waals surface area contributed by atoms with E-state index in [2.05, 4.69) is 36.5 Å². The molecule has 6 fully saturated rings. The van der Waals surface area contributed by atoms with E-state index >= 15 is 0 Å². The monoisotopic (exact) mass is 813 g/mol. The molecule has 0 radical (unpaired) electrons. The van der Waals surface area contributed by atoms with Crippen LogP contribution in [0.25, 0.3) is 5.32 Å². The minimum absolute atomic E-state index is 0. The molecule has 0 bridgehead atoms. The Bertz CT molecular complexity index is 1070. The number of benzene rings is 1. The van der Waals surface area contributed by atoms with Crippen molar-refractivity contribution in [2.45, 2.75) is 163 Å². The normalized spacial score (nSPS) is 28.4. The van der Waals surface area contributed by atoms with E-state index in [0.29, 0.717) is 5.56 Å². The summed E-state index contributed by atoms with van der Waals surface area (Å²) in [7, 11) is 0. The molecule has 3 aliphatic heterocycles. The first-order valence-corrected chi connectivity index (χ1v) is 21.0. The van der Waals surface area contributed by atoms with Gasteiger partial charge in [-0.15, -0.1) is 13.1 Å². The van der Waals surface area contributed by atoms with Gasteiger partial charge in [-0.3, -0.25) is 9.73 Å². The number of fused-ring (bicyclic) bond motifs is 3. The van der Waals surface area contributed by atoms with Gasteiger partial charge in [-0.25, -0.2) is 4.79 Å². The van der Waals surface area contributed by atoms with Crippen molar-refractivity contribution in [3.8, 4) is 0 Å². The molecule has 6 atom stereocenters. The van der Waals surface area contributed by atoms with E-state index < -0.39 is 11.6 Å². The average Bonchev–Trinajstić information content (AvgIpc) is 3.11. The molecule has 3 heterocycles. The summed E-state index contributed by atoms with van der Waals surface area (Å²) >= 11 is 0. The number of aryl methyl sites for hydroxylation is 2. The van der Waals surface area contributed by atoms with Crippen LogP contribution in [0.2, 0.25) is 0 Å². The Labute approximate surface area is 351 Å². The number of hydrogen-bond acceptors (Lipinski definition) is 6. The molecule has 1 N–H and O–H groups in total. The zero-order chi connectivity index (χ0) is 36.9. The summed E-state index contributed by atoms with van der Waals surface area (Å²) in [4.78, 5) is 27.6. The van der Waals surface area contributed by atoms with Crippen molar-refractivity contribution >= 4 is 29.0 Å². The molecular weight excluding hydrogens is 739 g/mol. The molecule has 0 amide bonds. The number of hydrogen-bond donors (Lipinski definition) is 1. The quantitative estimate of drug-likeness (QED) is 0.195. The van der Waals surface area contributed by atoms with Crippen molar-refractivity contribution in [3.05, 3.63) is 40.2 Å². The first-order valence-electron chi connectivity index (χ1n) is 21.0. The molecule has 1 aromatic rings. The molecule has 3 saturated carbocycles. The Morgan fingerprint density at radius 2 is 1.25 bits per heavy atom. The van der Waals surface area contributed by atoms with Gasteiger partial charge in [0.15, 0.2) is 0 Å². The van der Waals surface area contributed by atoms with Crippen LogP contribution in [-0.4, -0.2) is 84.6 Å². The topological polar surface area (TPSA) is 74.1 Å². The maximum atomic E-state index is 11.8. The average molecular weight is 815 g/mol. The largest absolute Gasteiger partial charge is 2.00 e. The van der Waals surface area contributed by atoms with Crippen molar-refractivity contribution in [2.75, 3.05) is 39.3 Å². The SMILES string of the molecule is C1CCC2CNCCC2C1.C1CCC2C[N-]CCC2C1.CC(C)(C)ON1CCC2CCCCC2C1.Cc1cccc(C)c1C(=O)OOC(C)(C)C.[Br-].[Mg+2]. The summed E-state index contributed by atoms with van der Waals surface area (Å²) in [6.07, 6.45) is 21.9. The molecule has 7 rings (SSSR count). The molecule has 300 valence electrons. The second-order valence-corrected chi connectivity index (χ2v) is 18.5. The number of nitrogens with one attached hydrogen (secondary N) is 1. The van der Waals surface area contributed by atoms with Crippen molar-refractivity contribution in [3.63, 3.8) is 0 Å². The number of halogens is 1. The number of hydroxylamine groups is 2. The number of carbonyl (C=O) groups excluding carboxylic acids is 1. The predicted octanol–water partition coefficient (Wildman–Crippen LogP) is 7.40. The van der Waals surface area contributed by atoms with Crippen LogP contribution < -0.4 is 22.3 Å². The van der Waals surface area contributed by atoms with E-state index in [0.717, 1.165) is 59.7 Å². The van der Waals surface area contributed by atoms with E-state index in [4.69, 9.17) is 14.6 Å². The molecule has 53 heavy (non-hydrogen) atoms. The summed E-state index contributed by atoms with van der Waals surface area (Å²) in [6, 6.07) is 5.66. The second kappa shape index (κ2) is 24.5. The van der Waals surface area contributed by atoms with E-state index in [1.807, 2.05) is 52.8 Å². The molecule has 7 nitrogen and oxygen atoms in total. The summed E-state index contributed by atoms with van der Waals surface area (Å²) in [6.45, 7) is 22.9. The molecular formula is C44H76BrMgN3O4. The van der Waals surface area contributed by atoms with Crippen molar-refractivity contribution < 1.29 is 36.4 Å². The number of piperidine rings is 3. The fourth-order valence-corrected chi connectivity index (χ4v) is 9.31. The zero-order valence-electron chi connectivity index (χ0n) is 35.2. The fourth-order valence-electron chi connectivity index (χ4n) is 9.31. The third-order valence-corrected chi connectivity index (χ3v) is 12.0. The van der Waals surface area contributed by atoms with Gasteiger partial charge >= 0.3 is 29.0 Å². The summed E-state index contributed by atoms with van der Waals surface area (Å²) in [5, 5.41) is 10.2. The maximum absolute atomic E-state index is 11.8. The van der Waals surface area contributed by atoms with Gasteiger partial charge < -0.3 is 27.6 Å². The van der Waals surface area contributed by atoms with Crippen LogP contribution in [0.1, 0.15) is 159 Å². The summed E-state index contributed by atoms with van der Waals surface area (Å²) in [5.41, 5.74) is 1.84. The number of rotatable bonds is 3. The van der Waals surface area contributed by atoms with Crippen LogP contribution in [0.3, 0.4) is 0 Å². The van der Waals surface area contributed by atoms with Gasteiger partial charge in [0.1, 0.15) is 5.60 Å². The Kier molecular flexibility index (Phi) is 22.6. The molecule has 9 heteroatoms. The third-order valence-electron chi connectivity index (χ3n) is 12.0. The Morgan fingerprint density at radius 3 is 1.79 bits per heavy atom. The Hall–Kier alpha value is -0.264. The maximum Gasteiger partial charge on any atom is 2.00 e. The van der Waals surface area contributed by atoms with Gasteiger partial charge in [0.2, 0.25) is 0 Å². The zero-order valence-corrected chi connectivity index (χ0v) is 38.2. The molecule has 1 aromatic carbocycles. The van der Waals surface area contributed by atoms with Gasteiger partial charge in [0, 0.05) is 13.1 Å². The molecule has 3 saturated heterocycles. The van der Waals surface area contributed by atoms with Crippen LogP contribution in [0.5, 0.6) is 0 Å². The first kappa shape index (κ1) is 48.9. The van der Waals surface area contributed by atoms with Crippen LogP contribution in [-0.2, 0) is 14.6 Å². The predicted molar refractivity (Wildman–Crippen MR) is 216 cm³/mol. The molecule has 6 unspecified atom stereocenters. The minimum Gasteiger partial charge on any atom is -1.00 e. The van der Waals surface area contributed by atoms with Crippen molar-refractivity contribution in [1.29, 1.82) is 0 Å². The van der Waals surface area contributed by atoms with Crippen molar-refractivity contribution in [1.82, 2.24) is 10.4 Å². The van der Waals surface area contributed by atoms with Gasteiger partial charge in [-0.05, 0) is 135 Å². The fraction of sp³-hybridized carbons (Fsp3) is 0.841. The van der Waals surface area contributed by atoms with Crippen LogP contribution in [0, 0.1) is 49.4 Å². The van der Waals surface area contributed by atoms with Crippen LogP contribution in [0.15, 0.2) is 18.2 Å². The molecule has 6 aliphatic rings. The number of nitrogens with zero attached hydrogens (tertiary/aromatic N) is 2. The van der Waals surface area contributed by atoms with Gasteiger partial charge in [-0.2, -0.15) is 9.95 Å². The van der Waals surface area contributed by atoms with E-state index in [1.165, 1.54) is 122 Å². The van der Waals surface area contributed by atoms with Gasteiger partial charge in [-0.1, -0.05) is 94.7 Å². The van der Waals surface area contributed by atoms with Crippen molar-refractivity contribution in [2.24, 2.45) is 35.5 Å². The second-order valence-electron chi connectivity index (χ2n) is 18.5. The molecule has 0 aromatic heterocycles. The van der Waals surface area contributed by atoms with E-state index in [9.17, 15) is 4.79 Å². The van der Waals surface area contributed by atoms with E-state index in [1.54, 1.807) is 0 Å². The number of carbonyl (C=O) groups is 1. The summed E-state index contributed by atoms with van der Waals surface area (Å²) < 4.78 is 0. The third kappa shape index (κ3) is 17.8. The Balaban J connectivity index is 0.000000246.